The number of esters is 1. The molecule has 1 aromatic heterocycles. The number of methoxy groups -OCH3 is 1. The first-order valence-corrected chi connectivity index (χ1v) is 9.72. The van der Waals surface area contributed by atoms with E-state index in [2.05, 4.69) is 4.99 Å². The highest BCUT2D eigenvalue weighted by Crippen LogP contribution is 2.30. The molecular weight excluding hydrogens is 391 g/mol. The molecule has 5 nitrogen and oxygen atoms in total. The van der Waals surface area contributed by atoms with Crippen LogP contribution in [0.2, 0.25) is 0 Å². The van der Waals surface area contributed by atoms with E-state index in [0.717, 1.165) is 5.56 Å². The van der Waals surface area contributed by atoms with Crippen molar-refractivity contribution in [2.45, 2.75) is 13.0 Å². The van der Waals surface area contributed by atoms with Crippen molar-refractivity contribution in [3.8, 4) is 0 Å². The van der Waals surface area contributed by atoms with Crippen LogP contribution in [0.5, 0.6) is 0 Å². The Bertz CT molecular complexity index is 1290. The first kappa shape index (κ1) is 19.0. The van der Waals surface area contributed by atoms with Gasteiger partial charge in [-0.25, -0.2) is 14.2 Å². The van der Waals surface area contributed by atoms with Gasteiger partial charge in [-0.1, -0.05) is 53.8 Å². The van der Waals surface area contributed by atoms with Crippen LogP contribution in [0.1, 0.15) is 24.1 Å². The van der Waals surface area contributed by atoms with Crippen molar-refractivity contribution in [3.05, 3.63) is 102 Å². The molecule has 29 heavy (non-hydrogen) atoms. The van der Waals surface area contributed by atoms with Crippen LogP contribution in [-0.2, 0) is 9.53 Å². The van der Waals surface area contributed by atoms with E-state index in [4.69, 9.17) is 4.74 Å². The van der Waals surface area contributed by atoms with E-state index in [0.29, 0.717) is 20.6 Å². The molecule has 1 atom stereocenters. The number of hydrogen-bond donors (Lipinski definition) is 0. The maximum Gasteiger partial charge on any atom is 0.338 e. The smallest absolute Gasteiger partial charge is 0.338 e. The minimum Gasteiger partial charge on any atom is -0.466 e. The second kappa shape index (κ2) is 7.60. The number of aromatic nitrogens is 1. The van der Waals surface area contributed by atoms with Gasteiger partial charge >= 0.3 is 5.97 Å². The number of ether oxygens (including phenoxy) is 1. The monoisotopic (exact) mass is 408 g/mol. The van der Waals surface area contributed by atoms with Crippen LogP contribution in [0.15, 0.2) is 75.7 Å². The minimum absolute atomic E-state index is 0.262. The molecule has 7 heteroatoms. The molecule has 0 radical (unpaired) electrons. The van der Waals surface area contributed by atoms with E-state index in [1.807, 2.05) is 30.3 Å². The van der Waals surface area contributed by atoms with Crippen molar-refractivity contribution < 1.29 is 13.9 Å². The van der Waals surface area contributed by atoms with Crippen LogP contribution in [-0.4, -0.2) is 17.6 Å². The van der Waals surface area contributed by atoms with Crippen LogP contribution < -0.4 is 14.9 Å². The van der Waals surface area contributed by atoms with Crippen LogP contribution in [0.4, 0.5) is 4.39 Å². The number of halogens is 1. The Hall–Kier alpha value is -3.32. The third-order valence-corrected chi connectivity index (χ3v) is 5.69. The van der Waals surface area contributed by atoms with Crippen LogP contribution in [0.3, 0.4) is 0 Å². The lowest BCUT2D eigenvalue weighted by Crippen LogP contribution is -2.39. The van der Waals surface area contributed by atoms with Gasteiger partial charge in [0.2, 0.25) is 0 Å². The summed E-state index contributed by atoms with van der Waals surface area (Å²) in [5.41, 5.74) is 1.96. The zero-order valence-electron chi connectivity index (χ0n) is 15.8. The fraction of sp³-hybridized carbons (Fsp3) is 0.136. The van der Waals surface area contributed by atoms with Gasteiger partial charge in [0.1, 0.15) is 5.82 Å². The van der Waals surface area contributed by atoms with Gasteiger partial charge in [0.25, 0.3) is 5.56 Å². The average molecular weight is 408 g/mol. The molecule has 2 aromatic carbocycles. The van der Waals surface area contributed by atoms with Gasteiger partial charge in [-0.05, 0) is 36.3 Å². The summed E-state index contributed by atoms with van der Waals surface area (Å²) < 4.78 is 20.4. The summed E-state index contributed by atoms with van der Waals surface area (Å²) in [5, 5.41) is 0. The fourth-order valence-electron chi connectivity index (χ4n) is 3.35. The lowest BCUT2D eigenvalue weighted by atomic mass is 9.96. The Balaban J connectivity index is 1.99. The molecule has 0 saturated heterocycles. The number of benzene rings is 2. The zero-order chi connectivity index (χ0) is 20.5. The Kier molecular flexibility index (Phi) is 4.98. The van der Waals surface area contributed by atoms with Crippen molar-refractivity contribution in [2.24, 2.45) is 4.99 Å². The lowest BCUT2D eigenvalue weighted by molar-refractivity contribution is -0.136. The SMILES string of the molecule is COC(=O)C1=C(C)N=c2sc(=Cc3ccccc3)c(=O)n2C1c1ccc(F)cc1. The van der Waals surface area contributed by atoms with Crippen molar-refractivity contribution in [1.82, 2.24) is 4.57 Å². The molecule has 0 fully saturated rings. The number of rotatable bonds is 3. The summed E-state index contributed by atoms with van der Waals surface area (Å²) in [6, 6.07) is 14.5. The van der Waals surface area contributed by atoms with Crippen molar-refractivity contribution in [3.63, 3.8) is 0 Å². The first-order valence-electron chi connectivity index (χ1n) is 8.91. The minimum atomic E-state index is -0.739. The summed E-state index contributed by atoms with van der Waals surface area (Å²) in [4.78, 5) is 30.7. The van der Waals surface area contributed by atoms with Crippen LogP contribution in [0, 0.1) is 5.82 Å². The van der Waals surface area contributed by atoms with Gasteiger partial charge in [0.05, 0.1) is 29.0 Å². The molecule has 0 N–H and O–H groups in total. The molecule has 0 aliphatic carbocycles. The maximum atomic E-state index is 13.5. The van der Waals surface area contributed by atoms with Crippen LogP contribution in [0.25, 0.3) is 6.08 Å². The number of allylic oxidation sites excluding steroid dienone is 1. The van der Waals surface area contributed by atoms with Crippen molar-refractivity contribution in [2.75, 3.05) is 7.11 Å². The summed E-state index contributed by atoms with van der Waals surface area (Å²) in [6.45, 7) is 1.71. The Morgan fingerprint density at radius 1 is 1.17 bits per heavy atom. The largest absolute Gasteiger partial charge is 0.466 e. The van der Waals surface area contributed by atoms with Gasteiger partial charge in [0, 0.05) is 0 Å². The number of nitrogens with zero attached hydrogens (tertiary/aromatic N) is 2. The van der Waals surface area contributed by atoms with Crippen LogP contribution >= 0.6 is 11.3 Å². The molecular formula is C22H17FN2O3S. The number of thiazole rings is 1. The van der Waals surface area contributed by atoms with E-state index in [-0.39, 0.29) is 11.1 Å². The average Bonchev–Trinajstić information content (AvgIpc) is 3.02. The van der Waals surface area contributed by atoms with Gasteiger partial charge in [-0.15, -0.1) is 0 Å². The molecule has 1 aliphatic rings. The summed E-state index contributed by atoms with van der Waals surface area (Å²) >= 11 is 1.25. The zero-order valence-corrected chi connectivity index (χ0v) is 16.6. The third kappa shape index (κ3) is 3.45. The molecule has 0 saturated carbocycles. The van der Waals surface area contributed by atoms with E-state index < -0.39 is 17.8 Å². The lowest BCUT2D eigenvalue weighted by Gasteiger charge is -2.24. The molecule has 2 heterocycles. The Morgan fingerprint density at radius 3 is 2.52 bits per heavy atom. The van der Waals surface area contributed by atoms with Crippen molar-refractivity contribution in [1.29, 1.82) is 0 Å². The van der Waals surface area contributed by atoms with Gasteiger partial charge in [0.15, 0.2) is 4.80 Å². The van der Waals surface area contributed by atoms with Gasteiger partial charge < -0.3 is 4.74 Å². The molecule has 1 aliphatic heterocycles. The summed E-state index contributed by atoms with van der Waals surface area (Å²) in [7, 11) is 1.28. The Morgan fingerprint density at radius 2 is 1.86 bits per heavy atom. The van der Waals surface area contributed by atoms with E-state index in [1.165, 1.54) is 35.1 Å². The molecule has 4 rings (SSSR count). The highest BCUT2D eigenvalue weighted by Gasteiger charge is 2.33. The molecule has 0 amide bonds. The first-order chi connectivity index (χ1) is 14.0. The number of fused-ring (bicyclic) bond motifs is 1. The summed E-state index contributed by atoms with van der Waals surface area (Å²) in [6.07, 6.45) is 1.79. The quantitative estimate of drug-likeness (QED) is 0.626. The molecule has 3 aromatic rings. The fourth-order valence-corrected chi connectivity index (χ4v) is 4.40. The van der Waals surface area contributed by atoms with E-state index in [1.54, 1.807) is 25.1 Å². The molecule has 1 unspecified atom stereocenters. The highest BCUT2D eigenvalue weighted by atomic mass is 32.1. The predicted molar refractivity (Wildman–Crippen MR) is 109 cm³/mol. The molecule has 146 valence electrons. The third-order valence-electron chi connectivity index (χ3n) is 4.71. The van der Waals surface area contributed by atoms with E-state index >= 15 is 0 Å². The standard InChI is InChI=1S/C22H17FN2O3S/c1-13-18(21(27)28-2)19(15-8-10-16(23)11-9-15)25-20(26)17(29-22(25)24-13)12-14-6-4-3-5-7-14/h3-12,19H,1-2H3. The second-order valence-corrected chi connectivity index (χ2v) is 7.54. The number of hydrogen-bond acceptors (Lipinski definition) is 5. The van der Waals surface area contributed by atoms with Crippen molar-refractivity contribution >= 4 is 23.4 Å². The number of carbonyl (C=O) groups excluding carboxylic acids is 1. The van der Waals surface area contributed by atoms with E-state index in [9.17, 15) is 14.0 Å². The normalized spacial score (nSPS) is 16.4. The maximum absolute atomic E-state index is 13.5. The van der Waals surface area contributed by atoms with Gasteiger partial charge in [-0.3, -0.25) is 9.36 Å². The topological polar surface area (TPSA) is 60.7 Å². The highest BCUT2D eigenvalue weighted by molar-refractivity contribution is 7.07. The molecule has 0 bridgehead atoms. The summed E-state index contributed by atoms with van der Waals surface area (Å²) in [5.74, 6) is -0.969. The van der Waals surface area contributed by atoms with Gasteiger partial charge in [-0.2, -0.15) is 0 Å². The Labute approximate surface area is 169 Å². The molecule has 0 spiro atoms. The second-order valence-electron chi connectivity index (χ2n) is 6.54. The predicted octanol–water partition coefficient (Wildman–Crippen LogP) is 2.55. The number of carbonyl (C=O) groups is 1.